The molecule has 0 bridgehead atoms. The normalized spacial score (nSPS) is 14.9. The summed E-state index contributed by atoms with van der Waals surface area (Å²) in [4.78, 5) is 38.0. The molecule has 295 valence electrons. The Morgan fingerprint density at radius 3 is 1.69 bits per heavy atom. The van der Waals surface area contributed by atoms with Crippen LogP contribution in [0.25, 0.3) is 6.08 Å². The quantitative estimate of drug-likeness (QED) is 0.0811. The van der Waals surface area contributed by atoms with E-state index in [2.05, 4.69) is 33.0 Å². The van der Waals surface area contributed by atoms with Crippen LogP contribution in [0, 0.1) is 0 Å². The number of nitrogens with one attached hydrogen (secondary N) is 1. The van der Waals surface area contributed by atoms with Crippen LogP contribution >= 0.6 is 0 Å². The van der Waals surface area contributed by atoms with Gasteiger partial charge in [0.1, 0.15) is 0 Å². The summed E-state index contributed by atoms with van der Waals surface area (Å²) in [7, 11) is 0. The molecule has 2 aromatic rings. The number of fused-ring (bicyclic) bond motifs is 2. The number of rotatable bonds is 24. The fraction of sp³-hybridized carbons (Fsp3) is 0.537. The number of benzene rings is 2. The SMILES string of the molecule is CCC[CH2][Sn]([O]C(=O)/C=C\C(=O)NCCc1ccc2c(c1)[O][Sn]([CH2]CCC)([CH2]CCC)[O]2)[O]C(=O)/C=C/c1ccc2c(c1)[O][Sn]([CH2]CCC)([CH2]CCC)[O]2. The number of carbonyl (C=O) groups excluding carboxylic acids is 3. The maximum atomic E-state index is 12.8. The van der Waals surface area contributed by atoms with Gasteiger partial charge in [-0.2, -0.15) is 0 Å². The van der Waals surface area contributed by atoms with Gasteiger partial charge in [0, 0.05) is 0 Å². The van der Waals surface area contributed by atoms with E-state index in [9.17, 15) is 14.4 Å². The third-order valence-corrected chi connectivity index (χ3v) is 33.6. The molecule has 1 N–H and O–H groups in total. The Balaban J connectivity index is 1.24. The minimum absolute atomic E-state index is 0.393. The van der Waals surface area contributed by atoms with Crippen molar-refractivity contribution in [3.8, 4) is 23.0 Å². The average molecular weight is 1070 g/mol. The summed E-state index contributed by atoms with van der Waals surface area (Å²) in [5.41, 5.74) is 1.85. The van der Waals surface area contributed by atoms with E-state index in [1.807, 2.05) is 43.3 Å². The molecule has 0 spiro atoms. The molecule has 4 rings (SSSR count). The van der Waals surface area contributed by atoms with Gasteiger partial charge in [0.15, 0.2) is 0 Å². The van der Waals surface area contributed by atoms with Crippen molar-refractivity contribution in [2.45, 2.75) is 127 Å². The zero-order valence-corrected chi connectivity index (χ0v) is 41.5. The predicted molar refractivity (Wildman–Crippen MR) is 218 cm³/mol. The number of hydrogen-bond donors (Lipinski definition) is 1. The molecule has 2 aliphatic heterocycles. The molecule has 0 fully saturated rings. The number of amides is 1. The topological polar surface area (TPSA) is 119 Å². The molecular weight excluding hydrogens is 1010 g/mol. The van der Waals surface area contributed by atoms with Crippen molar-refractivity contribution < 1.29 is 32.8 Å². The Bertz CT molecular complexity index is 1580. The molecule has 2 aromatic carbocycles. The molecule has 1 radical (unpaired) electrons. The van der Waals surface area contributed by atoms with E-state index in [0.717, 1.165) is 128 Å². The molecule has 0 saturated heterocycles. The molecular formula is C41H60NO9Sn3. The van der Waals surface area contributed by atoms with E-state index in [1.54, 1.807) is 6.08 Å². The Kier molecular flexibility index (Phi) is 19.2. The molecule has 0 aromatic heterocycles. The summed E-state index contributed by atoms with van der Waals surface area (Å²) in [6.07, 6.45) is 16.5. The van der Waals surface area contributed by atoms with Crippen LogP contribution in [0.5, 0.6) is 23.0 Å². The summed E-state index contributed by atoms with van der Waals surface area (Å²) in [6.45, 7) is 11.2. The first kappa shape index (κ1) is 44.6. The third-order valence-electron chi connectivity index (χ3n) is 9.46. The van der Waals surface area contributed by atoms with Crippen LogP contribution in [0.2, 0.25) is 22.2 Å². The van der Waals surface area contributed by atoms with Gasteiger partial charge < -0.3 is 0 Å². The molecule has 0 saturated carbocycles. The zero-order chi connectivity index (χ0) is 38.8. The Morgan fingerprint density at radius 2 is 1.13 bits per heavy atom. The fourth-order valence-electron chi connectivity index (χ4n) is 6.38. The molecule has 54 heavy (non-hydrogen) atoms. The molecule has 0 aliphatic carbocycles. The van der Waals surface area contributed by atoms with E-state index in [0.29, 0.717) is 17.4 Å². The van der Waals surface area contributed by atoms with E-state index in [-0.39, 0.29) is 0 Å². The molecule has 1 amide bonds. The van der Waals surface area contributed by atoms with Gasteiger partial charge in [-0.3, -0.25) is 0 Å². The standard InChI is InChI=1S/C12H13NO5.C9H8O4.5C4H9.3Sn/c14-9-2-1-8(7-10(9)15)5-6-13-11(16)3-4-12(17)18;10-7-3-1-6(5-8(7)11)2-4-9(12)13;5*1-3-4-2;;;/h1-4,7,14-15H,5-6H2,(H,13,16)(H,17,18);1-5,10-11H,(H,12,13);5*1,3-4H2,2H3;;;/q;;;;;;;3*+2/p-6/b4-3-;4-2+;;;;;;;;. The van der Waals surface area contributed by atoms with Gasteiger partial charge in [-0.1, -0.05) is 0 Å². The molecule has 0 atom stereocenters. The Labute approximate surface area is 340 Å². The Hall–Kier alpha value is -2.07. The molecule has 0 unspecified atom stereocenters. The van der Waals surface area contributed by atoms with Gasteiger partial charge in [0.2, 0.25) is 0 Å². The zero-order valence-electron chi connectivity index (χ0n) is 33.0. The third kappa shape index (κ3) is 14.1. The maximum absolute atomic E-state index is 12.8. The second-order valence-electron chi connectivity index (χ2n) is 14.2. The van der Waals surface area contributed by atoms with Crippen LogP contribution in [0.4, 0.5) is 0 Å². The summed E-state index contributed by atoms with van der Waals surface area (Å²) in [6, 6.07) is 11.8. The van der Waals surface area contributed by atoms with Gasteiger partial charge >= 0.3 is 344 Å². The molecule has 2 aliphatic rings. The van der Waals surface area contributed by atoms with Crippen molar-refractivity contribution in [1.29, 1.82) is 0 Å². The van der Waals surface area contributed by atoms with Gasteiger partial charge in [-0.15, -0.1) is 0 Å². The second-order valence-corrected chi connectivity index (χ2v) is 37.3. The summed E-state index contributed by atoms with van der Waals surface area (Å²) < 4.78 is 42.2. The predicted octanol–water partition coefficient (Wildman–Crippen LogP) is 9.62. The number of carbonyl (C=O) groups is 3. The van der Waals surface area contributed by atoms with Crippen LogP contribution in [0.3, 0.4) is 0 Å². The van der Waals surface area contributed by atoms with E-state index in [4.69, 9.17) is 18.4 Å². The molecule has 2 heterocycles. The molecule has 13 heteroatoms. The summed E-state index contributed by atoms with van der Waals surface area (Å²) >= 11 is -9.73. The first-order valence-corrected chi connectivity index (χ1v) is 37.2. The number of unbranched alkanes of at least 4 members (excludes halogenated alkanes) is 5. The van der Waals surface area contributed by atoms with Crippen LogP contribution in [-0.2, 0) is 27.0 Å². The van der Waals surface area contributed by atoms with E-state index < -0.39 is 76.8 Å². The van der Waals surface area contributed by atoms with E-state index in [1.165, 1.54) is 6.08 Å². The van der Waals surface area contributed by atoms with Gasteiger partial charge in [-0.25, -0.2) is 0 Å². The van der Waals surface area contributed by atoms with Crippen LogP contribution in [0.1, 0.15) is 110 Å². The van der Waals surface area contributed by atoms with Gasteiger partial charge in [0.05, 0.1) is 0 Å². The molecule has 10 nitrogen and oxygen atoms in total. The first-order chi connectivity index (χ1) is 26.2. The first-order valence-electron chi connectivity index (χ1n) is 20.1. The summed E-state index contributed by atoms with van der Waals surface area (Å²) in [5.74, 6) is 1.63. The van der Waals surface area contributed by atoms with Crippen molar-refractivity contribution in [3.05, 3.63) is 65.8 Å². The van der Waals surface area contributed by atoms with Gasteiger partial charge in [-0.05, 0) is 0 Å². The fourth-order valence-corrected chi connectivity index (χ4v) is 31.2. The van der Waals surface area contributed by atoms with Crippen molar-refractivity contribution in [1.82, 2.24) is 5.32 Å². The van der Waals surface area contributed by atoms with Crippen LogP contribution in [0.15, 0.2) is 54.6 Å². The van der Waals surface area contributed by atoms with Crippen LogP contribution < -0.4 is 17.6 Å². The van der Waals surface area contributed by atoms with Crippen molar-refractivity contribution in [2.24, 2.45) is 0 Å². The summed E-state index contributed by atoms with van der Waals surface area (Å²) in [5, 5.41) is 2.83. The average Bonchev–Trinajstić information content (AvgIpc) is 3.72. The van der Waals surface area contributed by atoms with Crippen molar-refractivity contribution in [2.75, 3.05) is 6.54 Å². The monoisotopic (exact) mass is 1070 g/mol. The van der Waals surface area contributed by atoms with Gasteiger partial charge in [0.25, 0.3) is 0 Å². The van der Waals surface area contributed by atoms with Crippen LogP contribution in [-0.4, -0.2) is 83.4 Å². The Morgan fingerprint density at radius 1 is 0.630 bits per heavy atom. The van der Waals surface area contributed by atoms with Crippen molar-refractivity contribution in [3.63, 3.8) is 0 Å². The van der Waals surface area contributed by atoms with E-state index >= 15 is 0 Å². The number of hydrogen-bond acceptors (Lipinski definition) is 9. The van der Waals surface area contributed by atoms with Crippen molar-refractivity contribution >= 4 is 82.9 Å². The second kappa shape index (κ2) is 23.2. The minimum atomic E-state index is -3.36.